The van der Waals surface area contributed by atoms with E-state index in [1.165, 1.54) is 5.56 Å². The van der Waals surface area contributed by atoms with Gasteiger partial charge < -0.3 is 25.0 Å². The Bertz CT molecular complexity index is 598. The largest absolute Gasteiger partial charge is 0.497 e. The third-order valence-corrected chi connectivity index (χ3v) is 5.59. The number of nitrogens with one attached hydrogen (secondary N) is 2. The van der Waals surface area contributed by atoms with Crippen LogP contribution >= 0.6 is 0 Å². The maximum atomic E-state index is 5.56. The smallest absolute Gasteiger partial charge is 0.191 e. The van der Waals surface area contributed by atoms with E-state index < -0.39 is 0 Å². The number of methoxy groups -OCH3 is 1. The molecule has 1 unspecified atom stereocenters. The van der Waals surface area contributed by atoms with Gasteiger partial charge in [-0.05, 0) is 50.7 Å². The van der Waals surface area contributed by atoms with E-state index in [1.807, 2.05) is 12.1 Å². The maximum Gasteiger partial charge on any atom is 0.191 e. The number of benzene rings is 1. The molecule has 0 saturated carbocycles. The molecular weight excluding hydrogens is 378 g/mol. The number of hydrogen-bond acceptors (Lipinski definition) is 5. The van der Waals surface area contributed by atoms with Gasteiger partial charge in [-0.2, -0.15) is 0 Å². The average molecular weight is 420 g/mol. The summed E-state index contributed by atoms with van der Waals surface area (Å²) in [7, 11) is 1.70. The van der Waals surface area contributed by atoms with Crippen molar-refractivity contribution in [1.29, 1.82) is 0 Å². The molecule has 0 amide bonds. The number of nitrogens with zero attached hydrogens (tertiary/aromatic N) is 3. The number of ether oxygens (including phenoxy) is 2. The van der Waals surface area contributed by atoms with E-state index in [2.05, 4.69) is 53.3 Å². The van der Waals surface area contributed by atoms with Gasteiger partial charge in [0.15, 0.2) is 5.96 Å². The highest BCUT2D eigenvalue weighted by atomic mass is 16.5. The standard InChI is InChI=1S/C23H41N5O2/c1-5-24-23(25-13-8-14-27(6-2)7-3)26-19-22(28-15-17-30-18-16-28)20-9-11-21(29-4)12-10-20/h9-12,22H,5-8,13-19H2,1-4H3,(H2,24,25,26). The zero-order valence-electron chi connectivity index (χ0n) is 19.3. The maximum absolute atomic E-state index is 5.56. The van der Waals surface area contributed by atoms with E-state index in [0.29, 0.717) is 6.54 Å². The van der Waals surface area contributed by atoms with E-state index >= 15 is 0 Å². The van der Waals surface area contributed by atoms with Gasteiger partial charge in [0.05, 0.1) is 32.9 Å². The first-order valence-electron chi connectivity index (χ1n) is 11.4. The second-order valence-corrected chi connectivity index (χ2v) is 7.46. The van der Waals surface area contributed by atoms with E-state index in [0.717, 1.165) is 77.2 Å². The molecule has 1 heterocycles. The predicted molar refractivity (Wildman–Crippen MR) is 125 cm³/mol. The van der Waals surface area contributed by atoms with Crippen molar-refractivity contribution in [2.75, 3.05) is 72.7 Å². The quantitative estimate of drug-likeness (QED) is 0.308. The van der Waals surface area contributed by atoms with E-state index in [4.69, 9.17) is 14.5 Å². The Morgan fingerprint density at radius 2 is 1.83 bits per heavy atom. The SMILES string of the molecule is CCNC(=NCC(c1ccc(OC)cc1)N1CCOCC1)NCCCN(CC)CC. The molecule has 30 heavy (non-hydrogen) atoms. The van der Waals surface area contributed by atoms with Crippen LogP contribution in [-0.4, -0.2) is 88.4 Å². The van der Waals surface area contributed by atoms with Crippen molar-refractivity contribution < 1.29 is 9.47 Å². The van der Waals surface area contributed by atoms with Crippen molar-refractivity contribution >= 4 is 5.96 Å². The van der Waals surface area contributed by atoms with Crippen molar-refractivity contribution in [1.82, 2.24) is 20.4 Å². The monoisotopic (exact) mass is 419 g/mol. The molecule has 0 radical (unpaired) electrons. The fourth-order valence-corrected chi connectivity index (χ4v) is 3.72. The Balaban J connectivity index is 2.01. The van der Waals surface area contributed by atoms with E-state index in [-0.39, 0.29) is 6.04 Å². The molecule has 1 fully saturated rings. The number of guanidine groups is 1. The molecule has 1 atom stereocenters. The summed E-state index contributed by atoms with van der Waals surface area (Å²) in [6.45, 7) is 15.8. The molecule has 170 valence electrons. The Kier molecular flexibility index (Phi) is 11.6. The van der Waals surface area contributed by atoms with Crippen LogP contribution in [0.1, 0.15) is 38.8 Å². The Morgan fingerprint density at radius 1 is 1.13 bits per heavy atom. The summed E-state index contributed by atoms with van der Waals surface area (Å²) < 4.78 is 10.9. The number of aliphatic imine (C=N–C) groups is 1. The number of rotatable bonds is 12. The Labute approximate surface area is 182 Å². The summed E-state index contributed by atoms with van der Waals surface area (Å²) in [5, 5.41) is 6.89. The summed E-state index contributed by atoms with van der Waals surface area (Å²) in [4.78, 5) is 9.85. The normalized spacial score (nSPS) is 16.5. The molecule has 1 aliphatic rings. The van der Waals surface area contributed by atoms with Gasteiger partial charge in [-0.25, -0.2) is 0 Å². The molecule has 0 aromatic heterocycles. The van der Waals surface area contributed by atoms with Crippen LogP contribution in [0.3, 0.4) is 0 Å². The summed E-state index contributed by atoms with van der Waals surface area (Å²) in [5.74, 6) is 1.77. The molecule has 1 aromatic rings. The van der Waals surface area contributed by atoms with Crippen LogP contribution in [0.2, 0.25) is 0 Å². The highest BCUT2D eigenvalue weighted by Gasteiger charge is 2.22. The predicted octanol–water partition coefficient (Wildman–Crippen LogP) is 2.36. The Morgan fingerprint density at radius 3 is 2.43 bits per heavy atom. The van der Waals surface area contributed by atoms with Crippen molar-refractivity contribution in [3.05, 3.63) is 29.8 Å². The van der Waals surface area contributed by atoms with Gasteiger partial charge in [0.2, 0.25) is 0 Å². The van der Waals surface area contributed by atoms with Gasteiger partial charge in [0, 0.05) is 26.2 Å². The van der Waals surface area contributed by atoms with Gasteiger partial charge in [0.25, 0.3) is 0 Å². The van der Waals surface area contributed by atoms with Crippen LogP contribution < -0.4 is 15.4 Å². The summed E-state index contributed by atoms with van der Waals surface area (Å²) in [6, 6.07) is 8.59. The van der Waals surface area contributed by atoms with Gasteiger partial charge in [-0.3, -0.25) is 9.89 Å². The fraction of sp³-hybridized carbons (Fsp3) is 0.696. The summed E-state index contributed by atoms with van der Waals surface area (Å²) in [5.41, 5.74) is 1.26. The van der Waals surface area contributed by atoms with Crippen molar-refractivity contribution in [2.24, 2.45) is 4.99 Å². The highest BCUT2D eigenvalue weighted by molar-refractivity contribution is 5.79. The average Bonchev–Trinajstić information content (AvgIpc) is 2.80. The third kappa shape index (κ3) is 8.13. The van der Waals surface area contributed by atoms with Crippen LogP contribution in [0.5, 0.6) is 5.75 Å². The van der Waals surface area contributed by atoms with Crippen LogP contribution in [0.25, 0.3) is 0 Å². The van der Waals surface area contributed by atoms with Gasteiger partial charge in [-0.1, -0.05) is 26.0 Å². The van der Waals surface area contributed by atoms with Crippen LogP contribution in [-0.2, 0) is 4.74 Å². The van der Waals surface area contributed by atoms with E-state index in [1.54, 1.807) is 7.11 Å². The molecule has 2 rings (SSSR count). The van der Waals surface area contributed by atoms with Crippen molar-refractivity contribution in [3.8, 4) is 5.75 Å². The molecule has 2 N–H and O–H groups in total. The van der Waals surface area contributed by atoms with Crippen LogP contribution in [0.15, 0.2) is 29.3 Å². The molecule has 0 bridgehead atoms. The Hall–Kier alpha value is -1.83. The van der Waals surface area contributed by atoms with Crippen molar-refractivity contribution in [2.45, 2.75) is 33.2 Å². The van der Waals surface area contributed by atoms with Crippen LogP contribution in [0, 0.1) is 0 Å². The first-order valence-corrected chi connectivity index (χ1v) is 11.4. The molecule has 1 aliphatic heterocycles. The molecule has 7 heteroatoms. The summed E-state index contributed by atoms with van der Waals surface area (Å²) >= 11 is 0. The zero-order valence-corrected chi connectivity index (χ0v) is 19.3. The lowest BCUT2D eigenvalue weighted by Gasteiger charge is -2.34. The molecule has 7 nitrogen and oxygen atoms in total. The van der Waals surface area contributed by atoms with Gasteiger partial charge >= 0.3 is 0 Å². The topological polar surface area (TPSA) is 61.4 Å². The van der Waals surface area contributed by atoms with E-state index in [9.17, 15) is 0 Å². The van der Waals surface area contributed by atoms with Crippen LogP contribution in [0.4, 0.5) is 0 Å². The van der Waals surface area contributed by atoms with Gasteiger partial charge in [0.1, 0.15) is 5.75 Å². The second kappa shape index (κ2) is 14.2. The molecular formula is C23H41N5O2. The minimum atomic E-state index is 0.228. The zero-order chi connectivity index (χ0) is 21.6. The lowest BCUT2D eigenvalue weighted by atomic mass is 10.0. The number of hydrogen-bond donors (Lipinski definition) is 2. The second-order valence-electron chi connectivity index (χ2n) is 7.46. The molecule has 0 spiro atoms. The fourth-order valence-electron chi connectivity index (χ4n) is 3.72. The number of morpholine rings is 1. The third-order valence-electron chi connectivity index (χ3n) is 5.59. The lowest BCUT2D eigenvalue weighted by molar-refractivity contribution is 0.0179. The minimum absolute atomic E-state index is 0.228. The first kappa shape index (κ1) is 24.4. The first-order chi connectivity index (χ1) is 14.7. The highest BCUT2D eigenvalue weighted by Crippen LogP contribution is 2.24. The summed E-state index contributed by atoms with van der Waals surface area (Å²) in [6.07, 6.45) is 1.11. The molecule has 1 saturated heterocycles. The molecule has 0 aliphatic carbocycles. The van der Waals surface area contributed by atoms with Gasteiger partial charge in [-0.15, -0.1) is 0 Å². The molecule has 1 aromatic carbocycles. The van der Waals surface area contributed by atoms with Crippen molar-refractivity contribution in [3.63, 3.8) is 0 Å². The lowest BCUT2D eigenvalue weighted by Crippen LogP contribution is -2.42. The minimum Gasteiger partial charge on any atom is -0.497 e.